The third-order valence-electron chi connectivity index (χ3n) is 10.1. The van der Waals surface area contributed by atoms with Gasteiger partial charge in [0.05, 0.1) is 33.9 Å². The fraction of sp³-hybridized carbons (Fsp3) is 0.424. The Morgan fingerprint density at radius 3 is 2.51 bits per heavy atom. The van der Waals surface area contributed by atoms with Crippen LogP contribution in [0.5, 0.6) is 5.75 Å². The molecule has 1 saturated carbocycles. The summed E-state index contributed by atoms with van der Waals surface area (Å²) in [5, 5.41) is 19.8. The number of halogens is 3. The Morgan fingerprint density at radius 1 is 1.04 bits per heavy atom. The Labute approximate surface area is 272 Å². The molecule has 2 aliphatic carbocycles. The summed E-state index contributed by atoms with van der Waals surface area (Å²) in [6.45, 7) is 1.88. The summed E-state index contributed by atoms with van der Waals surface area (Å²) in [7, 11) is 0. The molecule has 2 heterocycles. The fourth-order valence-electron chi connectivity index (χ4n) is 7.99. The van der Waals surface area contributed by atoms with Gasteiger partial charge >= 0.3 is 5.97 Å². The number of aromatic hydroxyl groups is 1. The molecular formula is C33H31BrClFN2O7. The molecule has 2 N–H and O–H groups in total. The summed E-state index contributed by atoms with van der Waals surface area (Å²) in [6, 6.07) is 8.51. The maximum atomic E-state index is 14.4. The van der Waals surface area contributed by atoms with Gasteiger partial charge in [0.15, 0.2) is 0 Å². The second-order valence-electron chi connectivity index (χ2n) is 12.5. The number of carboxylic acid groups (broad SMARTS) is 1. The van der Waals surface area contributed by atoms with Crippen LogP contribution in [0.4, 0.5) is 10.1 Å². The quantitative estimate of drug-likeness (QED) is 0.201. The second kappa shape index (κ2) is 11.7. The van der Waals surface area contributed by atoms with E-state index in [1.807, 2.05) is 6.08 Å². The lowest BCUT2D eigenvalue weighted by atomic mass is 9.51. The Kier molecular flexibility index (Phi) is 8.14. The van der Waals surface area contributed by atoms with Gasteiger partial charge in [0.1, 0.15) is 11.6 Å². The average Bonchev–Trinajstić information content (AvgIpc) is 3.35. The fourth-order valence-corrected chi connectivity index (χ4v) is 8.55. The van der Waals surface area contributed by atoms with Gasteiger partial charge in [0, 0.05) is 28.9 Å². The van der Waals surface area contributed by atoms with Crippen molar-refractivity contribution in [3.05, 3.63) is 68.9 Å². The summed E-state index contributed by atoms with van der Waals surface area (Å²) in [4.78, 5) is 69.2. The van der Waals surface area contributed by atoms with Crippen LogP contribution in [-0.2, 0) is 24.0 Å². The van der Waals surface area contributed by atoms with Crippen LogP contribution in [0.2, 0.25) is 5.02 Å². The molecule has 6 rings (SSSR count). The number of imide groups is 2. The number of carboxylic acids is 1. The third-order valence-corrected chi connectivity index (χ3v) is 10.9. The summed E-state index contributed by atoms with van der Waals surface area (Å²) >= 11 is 9.50. The SMILES string of the molecule is CC12C(=O)N(c3ccc(F)c(Cl)c3)C(=O)C1CC1C(=CCC3C(=O)N(CCCCCC(=O)O)C(=O)C31)C2c1cc(Br)ccc1O. The van der Waals surface area contributed by atoms with Gasteiger partial charge in [-0.3, -0.25) is 28.9 Å². The monoisotopic (exact) mass is 700 g/mol. The molecule has 0 bridgehead atoms. The summed E-state index contributed by atoms with van der Waals surface area (Å²) in [5.74, 6) is -6.96. The number of hydrogen-bond donors (Lipinski definition) is 2. The Morgan fingerprint density at radius 2 is 1.80 bits per heavy atom. The third kappa shape index (κ3) is 4.99. The van der Waals surface area contributed by atoms with Gasteiger partial charge in [-0.25, -0.2) is 9.29 Å². The minimum absolute atomic E-state index is 0.0143. The van der Waals surface area contributed by atoms with Gasteiger partial charge in [0.25, 0.3) is 0 Å². The molecule has 2 saturated heterocycles. The normalized spacial score (nSPS) is 29.1. The number of rotatable bonds is 8. The standard InChI is InChI=1S/C33H31BrClFN2O7/c1-33-22(30(43)38(32(33)45)17-7-10-24(36)23(35)14-17)15-20-18(28(33)21-13-16(34)6-11-25(21)39)8-9-19-27(20)31(44)37(29(19)42)12-4-2-3-5-26(40)41/h6-8,10-11,13-14,19-20,22,27-28,39H,2-5,9,12,15H2,1H3,(H,40,41). The largest absolute Gasteiger partial charge is 0.508 e. The minimum Gasteiger partial charge on any atom is -0.508 e. The van der Waals surface area contributed by atoms with Crippen molar-refractivity contribution in [2.75, 3.05) is 11.4 Å². The zero-order chi connectivity index (χ0) is 32.4. The van der Waals surface area contributed by atoms with Crippen molar-refractivity contribution in [3.8, 4) is 5.75 Å². The highest BCUT2D eigenvalue weighted by Gasteiger charge is 2.67. The molecule has 236 valence electrons. The number of fused-ring (bicyclic) bond motifs is 4. The predicted octanol–water partition coefficient (Wildman–Crippen LogP) is 5.82. The molecule has 4 aliphatic rings. The number of anilines is 1. The van der Waals surface area contributed by atoms with Crippen LogP contribution in [0.3, 0.4) is 0 Å². The van der Waals surface area contributed by atoms with E-state index in [1.54, 1.807) is 19.1 Å². The molecule has 0 spiro atoms. The Hall–Kier alpha value is -3.57. The van der Waals surface area contributed by atoms with Crippen LogP contribution in [0.1, 0.15) is 56.9 Å². The van der Waals surface area contributed by atoms with Crippen molar-refractivity contribution in [2.24, 2.45) is 29.1 Å². The van der Waals surface area contributed by atoms with Crippen molar-refractivity contribution < 1.29 is 38.6 Å². The molecule has 6 unspecified atom stereocenters. The first-order valence-electron chi connectivity index (χ1n) is 14.9. The number of carbonyl (C=O) groups excluding carboxylic acids is 4. The number of benzene rings is 2. The number of phenols is 1. The number of unbranched alkanes of at least 4 members (excludes halogenated alkanes) is 2. The molecule has 2 aromatic carbocycles. The number of nitrogens with zero attached hydrogens (tertiary/aromatic N) is 2. The van der Waals surface area contributed by atoms with Gasteiger partial charge in [-0.1, -0.05) is 45.6 Å². The van der Waals surface area contributed by atoms with Gasteiger partial charge in [-0.2, -0.15) is 0 Å². The van der Waals surface area contributed by atoms with E-state index >= 15 is 0 Å². The number of phenolic OH excluding ortho intramolecular Hbond substituents is 1. The average molecular weight is 702 g/mol. The van der Waals surface area contributed by atoms with Crippen LogP contribution in [0, 0.1) is 34.9 Å². The molecule has 3 fully saturated rings. The van der Waals surface area contributed by atoms with Gasteiger partial charge in [-0.05, 0) is 74.9 Å². The first-order chi connectivity index (χ1) is 21.4. The van der Waals surface area contributed by atoms with Crippen molar-refractivity contribution in [1.82, 2.24) is 4.90 Å². The first-order valence-corrected chi connectivity index (χ1v) is 16.1. The van der Waals surface area contributed by atoms with Crippen molar-refractivity contribution in [3.63, 3.8) is 0 Å². The van der Waals surface area contributed by atoms with Crippen LogP contribution in [-0.4, -0.2) is 51.3 Å². The zero-order valence-corrected chi connectivity index (χ0v) is 26.7. The lowest BCUT2D eigenvalue weighted by molar-refractivity contribution is -0.141. The highest BCUT2D eigenvalue weighted by molar-refractivity contribution is 9.10. The predicted molar refractivity (Wildman–Crippen MR) is 165 cm³/mol. The van der Waals surface area contributed by atoms with E-state index in [2.05, 4.69) is 15.9 Å². The molecule has 0 radical (unpaired) electrons. The summed E-state index contributed by atoms with van der Waals surface area (Å²) < 4.78 is 14.7. The van der Waals surface area contributed by atoms with Crippen molar-refractivity contribution in [1.29, 1.82) is 0 Å². The number of allylic oxidation sites excluding steroid dienone is 2. The molecule has 45 heavy (non-hydrogen) atoms. The number of hydrogen-bond acceptors (Lipinski definition) is 6. The van der Waals surface area contributed by atoms with Gasteiger partial charge < -0.3 is 10.2 Å². The molecule has 0 aromatic heterocycles. The Bertz CT molecular complexity index is 1680. The molecule has 2 aromatic rings. The molecule has 12 heteroatoms. The number of aliphatic carboxylic acids is 1. The highest BCUT2D eigenvalue weighted by Crippen LogP contribution is 2.64. The lowest BCUT2D eigenvalue weighted by Gasteiger charge is -2.49. The van der Waals surface area contributed by atoms with Gasteiger partial charge in [-0.15, -0.1) is 0 Å². The molecule has 2 aliphatic heterocycles. The van der Waals surface area contributed by atoms with Crippen LogP contribution >= 0.6 is 27.5 Å². The van der Waals surface area contributed by atoms with E-state index < -0.39 is 58.6 Å². The molecule has 6 atom stereocenters. The zero-order valence-electron chi connectivity index (χ0n) is 24.3. The minimum atomic E-state index is -1.37. The van der Waals surface area contributed by atoms with E-state index in [-0.39, 0.29) is 54.1 Å². The van der Waals surface area contributed by atoms with E-state index in [0.717, 1.165) is 16.5 Å². The Balaban J connectivity index is 1.40. The highest BCUT2D eigenvalue weighted by atomic mass is 79.9. The number of carbonyl (C=O) groups is 5. The smallest absolute Gasteiger partial charge is 0.303 e. The molecule has 4 amide bonds. The van der Waals surface area contributed by atoms with Crippen LogP contribution < -0.4 is 4.90 Å². The van der Waals surface area contributed by atoms with E-state index in [1.165, 1.54) is 23.1 Å². The van der Waals surface area contributed by atoms with E-state index in [4.69, 9.17) is 16.7 Å². The summed E-state index contributed by atoms with van der Waals surface area (Å²) in [6.07, 6.45) is 3.78. The van der Waals surface area contributed by atoms with Gasteiger partial charge in [0.2, 0.25) is 23.6 Å². The lowest BCUT2D eigenvalue weighted by Crippen LogP contribution is -2.48. The summed E-state index contributed by atoms with van der Waals surface area (Å²) in [5.41, 5.74) is -0.104. The van der Waals surface area contributed by atoms with Crippen LogP contribution in [0.25, 0.3) is 0 Å². The first kappa shape index (κ1) is 31.4. The second-order valence-corrected chi connectivity index (χ2v) is 13.8. The van der Waals surface area contributed by atoms with Crippen LogP contribution in [0.15, 0.2) is 52.5 Å². The molecular weight excluding hydrogens is 671 g/mol. The van der Waals surface area contributed by atoms with Crippen molar-refractivity contribution in [2.45, 2.75) is 51.4 Å². The van der Waals surface area contributed by atoms with Crippen molar-refractivity contribution >= 4 is 62.8 Å². The maximum absolute atomic E-state index is 14.4. The number of amides is 4. The maximum Gasteiger partial charge on any atom is 0.303 e. The van der Waals surface area contributed by atoms with E-state index in [9.17, 15) is 33.5 Å². The number of likely N-dealkylation sites (tertiary alicyclic amines) is 1. The van der Waals surface area contributed by atoms with E-state index in [0.29, 0.717) is 29.3 Å². The molecule has 9 nitrogen and oxygen atoms in total. The topological polar surface area (TPSA) is 132 Å².